The Morgan fingerprint density at radius 1 is 0.771 bits per heavy atom. The number of nitrogens with zero attached hydrogens (tertiary/aromatic N) is 4. The van der Waals surface area contributed by atoms with Gasteiger partial charge in [0.05, 0.1) is 34.7 Å². The Hall–Kier alpha value is -5.20. The number of rotatable bonds is 4. The summed E-state index contributed by atoms with van der Waals surface area (Å²) in [7, 11) is 3.41. The van der Waals surface area contributed by atoms with Crippen molar-refractivity contribution < 1.29 is 19.1 Å². The number of carbonyl (C=O) groups excluding carboxylic acids is 2. The van der Waals surface area contributed by atoms with Crippen LogP contribution < -0.4 is 11.5 Å². The molecule has 248 valence electrons. The molecule has 2 unspecified atom stereocenters. The van der Waals surface area contributed by atoms with Crippen molar-refractivity contribution in [1.82, 2.24) is 29.5 Å². The third-order valence-corrected chi connectivity index (χ3v) is 9.61. The molecule has 48 heavy (non-hydrogen) atoms. The molecule has 0 aliphatic heterocycles. The van der Waals surface area contributed by atoms with Gasteiger partial charge in [0.15, 0.2) is 0 Å². The van der Waals surface area contributed by atoms with Gasteiger partial charge in [0.25, 0.3) is 11.8 Å². The molecule has 0 radical (unpaired) electrons. The summed E-state index contributed by atoms with van der Waals surface area (Å²) in [5.74, 6) is 0.530. The van der Waals surface area contributed by atoms with E-state index in [-0.39, 0.29) is 24.0 Å². The van der Waals surface area contributed by atoms with E-state index in [1.165, 1.54) is 9.36 Å². The van der Waals surface area contributed by atoms with Crippen LogP contribution in [0, 0.1) is 13.8 Å². The summed E-state index contributed by atoms with van der Waals surface area (Å²) >= 11 is 0. The summed E-state index contributed by atoms with van der Waals surface area (Å²) < 4.78 is 13.7. The topological polar surface area (TPSA) is 172 Å². The normalized spacial score (nSPS) is 17.2. The second kappa shape index (κ2) is 12.4. The fourth-order valence-electron chi connectivity index (χ4n) is 7.09. The van der Waals surface area contributed by atoms with Crippen molar-refractivity contribution in [2.45, 2.75) is 64.6 Å². The summed E-state index contributed by atoms with van der Waals surface area (Å²) in [5, 5.41) is 10.6. The number of anilines is 2. The number of hydrogen-bond acceptors (Lipinski definition) is 8. The summed E-state index contributed by atoms with van der Waals surface area (Å²) in [6.45, 7) is 3.95. The number of methoxy groups -OCH3 is 2. The standard InChI is InChI=1S/2C18H20N4O2/c1-10-8-13-12(4-3-5-15(13)20-10)18(23)22-16-7-6-11(24-2)9-14(16)17(19)21-22;1-10-8-13-12(4-3-5-15(13)20-10)18(23)22-17(19)14-9-11(24-2)6-7-16(14)21-22/h3-5,8,11,20H,6-7,9H2,1-2H3,(H2,19,21);3-5,8,11,20H,6-7,9,19H2,1-2H3. The maximum absolute atomic E-state index is 13.1. The molecule has 6 N–H and O–H groups in total. The maximum Gasteiger partial charge on any atom is 0.280 e. The van der Waals surface area contributed by atoms with E-state index in [4.69, 9.17) is 20.9 Å². The van der Waals surface area contributed by atoms with Crippen LogP contribution in [-0.2, 0) is 35.2 Å². The van der Waals surface area contributed by atoms with Crippen LogP contribution in [0.5, 0.6) is 0 Å². The minimum atomic E-state index is -0.194. The number of H-pyrrole nitrogens is 2. The molecule has 0 amide bonds. The van der Waals surface area contributed by atoms with Crippen LogP contribution in [0.1, 0.15) is 67.5 Å². The van der Waals surface area contributed by atoms with Crippen molar-refractivity contribution in [3.8, 4) is 0 Å². The van der Waals surface area contributed by atoms with E-state index in [2.05, 4.69) is 20.2 Å². The first-order valence-corrected chi connectivity index (χ1v) is 16.2. The van der Waals surface area contributed by atoms with Crippen molar-refractivity contribution in [1.29, 1.82) is 0 Å². The van der Waals surface area contributed by atoms with E-state index >= 15 is 0 Å². The average molecular weight is 649 g/mol. The molecule has 0 fully saturated rings. The minimum Gasteiger partial charge on any atom is -0.383 e. The van der Waals surface area contributed by atoms with Crippen LogP contribution in [0.2, 0.25) is 0 Å². The molecule has 12 nitrogen and oxygen atoms in total. The average Bonchev–Trinajstić information content (AvgIpc) is 3.85. The van der Waals surface area contributed by atoms with Crippen molar-refractivity contribution in [3.63, 3.8) is 0 Å². The largest absolute Gasteiger partial charge is 0.383 e. The lowest BCUT2D eigenvalue weighted by molar-refractivity contribution is 0.0874. The van der Waals surface area contributed by atoms with E-state index in [0.717, 1.165) is 81.4 Å². The van der Waals surface area contributed by atoms with Gasteiger partial charge in [-0.3, -0.25) is 9.59 Å². The Morgan fingerprint density at radius 3 is 1.90 bits per heavy atom. The highest BCUT2D eigenvalue weighted by Crippen LogP contribution is 2.31. The molecular weight excluding hydrogens is 608 g/mol. The molecule has 4 aromatic heterocycles. The van der Waals surface area contributed by atoms with Crippen molar-refractivity contribution in [2.75, 3.05) is 25.7 Å². The first-order chi connectivity index (χ1) is 23.2. The maximum atomic E-state index is 13.1. The zero-order chi connectivity index (χ0) is 33.7. The molecule has 6 aromatic rings. The molecule has 2 aliphatic carbocycles. The van der Waals surface area contributed by atoms with Gasteiger partial charge in [-0.2, -0.15) is 14.5 Å². The van der Waals surface area contributed by atoms with Crippen LogP contribution in [0.4, 0.5) is 11.6 Å². The number of aryl methyl sites for hydroxylation is 3. The lowest BCUT2D eigenvalue weighted by Crippen LogP contribution is -2.24. The third-order valence-electron chi connectivity index (χ3n) is 9.61. The van der Waals surface area contributed by atoms with Crippen LogP contribution in [0.3, 0.4) is 0 Å². The molecule has 12 heteroatoms. The van der Waals surface area contributed by atoms with Gasteiger partial charge in [-0.25, -0.2) is 0 Å². The smallest absolute Gasteiger partial charge is 0.280 e. The molecule has 0 saturated carbocycles. The highest BCUT2D eigenvalue weighted by molar-refractivity contribution is 6.09. The summed E-state index contributed by atoms with van der Waals surface area (Å²) in [5.41, 5.74) is 21.2. The van der Waals surface area contributed by atoms with Gasteiger partial charge < -0.3 is 30.9 Å². The Morgan fingerprint density at radius 2 is 1.31 bits per heavy atom. The number of aromatic amines is 2. The van der Waals surface area contributed by atoms with Gasteiger partial charge in [-0.1, -0.05) is 12.1 Å². The highest BCUT2D eigenvalue weighted by atomic mass is 16.5. The fraction of sp³-hybridized carbons (Fsp3) is 0.333. The number of nitrogens with one attached hydrogen (secondary N) is 2. The molecule has 2 atom stereocenters. The number of aromatic nitrogens is 6. The lowest BCUT2D eigenvalue weighted by atomic mass is 9.94. The van der Waals surface area contributed by atoms with E-state index < -0.39 is 0 Å². The number of nitrogen functional groups attached to an aromatic ring is 2. The van der Waals surface area contributed by atoms with Gasteiger partial charge in [-0.05, 0) is 75.9 Å². The van der Waals surface area contributed by atoms with Gasteiger partial charge in [-0.15, -0.1) is 5.10 Å². The predicted octanol–water partition coefficient (Wildman–Crippen LogP) is 4.89. The number of fused-ring (bicyclic) bond motifs is 4. The van der Waals surface area contributed by atoms with Gasteiger partial charge in [0, 0.05) is 71.4 Å². The van der Waals surface area contributed by atoms with E-state index in [0.29, 0.717) is 35.6 Å². The van der Waals surface area contributed by atoms with Crippen LogP contribution in [0.15, 0.2) is 48.5 Å². The van der Waals surface area contributed by atoms with Crippen LogP contribution in [0.25, 0.3) is 21.8 Å². The minimum absolute atomic E-state index is 0.136. The summed E-state index contributed by atoms with van der Waals surface area (Å²) in [6, 6.07) is 15.3. The molecule has 0 saturated heterocycles. The molecule has 4 heterocycles. The Balaban J connectivity index is 0.000000152. The van der Waals surface area contributed by atoms with Gasteiger partial charge >= 0.3 is 0 Å². The molecule has 0 spiro atoms. The first kappa shape index (κ1) is 31.4. The molecule has 2 aromatic carbocycles. The second-order valence-corrected chi connectivity index (χ2v) is 12.7. The Bertz CT molecular complexity index is 2180. The summed E-state index contributed by atoms with van der Waals surface area (Å²) in [6.07, 6.45) is 5.00. The van der Waals surface area contributed by atoms with E-state index in [1.807, 2.05) is 62.4 Å². The number of ether oxygens (including phenoxy) is 2. The SMILES string of the molecule is COC1CCc2c(c(N)nn2C(=O)c2cccc3[nH]c(C)cc23)C1.COC1CCc2nn(C(=O)c3cccc4[nH]c(C)cc34)c(N)c2C1. The zero-order valence-corrected chi connectivity index (χ0v) is 27.6. The Labute approximate surface area is 277 Å². The number of benzene rings is 2. The monoisotopic (exact) mass is 648 g/mol. The van der Waals surface area contributed by atoms with E-state index in [9.17, 15) is 9.59 Å². The summed E-state index contributed by atoms with van der Waals surface area (Å²) in [4.78, 5) is 32.7. The van der Waals surface area contributed by atoms with Gasteiger partial charge in [0.2, 0.25) is 0 Å². The molecular formula is C36H40N8O4. The quantitative estimate of drug-likeness (QED) is 0.209. The molecule has 8 rings (SSSR count). The number of nitrogens with two attached hydrogens (primary N) is 2. The second-order valence-electron chi connectivity index (χ2n) is 12.7. The third kappa shape index (κ3) is 5.46. The van der Waals surface area contributed by atoms with Crippen molar-refractivity contribution in [3.05, 3.63) is 93.6 Å². The van der Waals surface area contributed by atoms with Crippen molar-refractivity contribution >= 4 is 45.3 Å². The van der Waals surface area contributed by atoms with E-state index in [1.54, 1.807) is 14.2 Å². The van der Waals surface area contributed by atoms with Crippen molar-refractivity contribution in [2.24, 2.45) is 0 Å². The van der Waals surface area contributed by atoms with Gasteiger partial charge in [0.1, 0.15) is 11.6 Å². The Kier molecular flexibility index (Phi) is 8.14. The first-order valence-electron chi connectivity index (χ1n) is 16.2. The molecule has 2 aliphatic rings. The molecule has 0 bridgehead atoms. The predicted molar refractivity (Wildman–Crippen MR) is 184 cm³/mol. The number of hydrogen-bond donors (Lipinski definition) is 4. The fourth-order valence-corrected chi connectivity index (χ4v) is 7.09. The number of carbonyl (C=O) groups is 2. The highest BCUT2D eigenvalue weighted by Gasteiger charge is 2.29. The van der Waals surface area contributed by atoms with Crippen LogP contribution >= 0.6 is 0 Å². The lowest BCUT2D eigenvalue weighted by Gasteiger charge is -2.21. The van der Waals surface area contributed by atoms with Crippen LogP contribution in [-0.4, -0.2) is 67.8 Å². The zero-order valence-electron chi connectivity index (χ0n) is 27.6.